The zero-order valence-corrected chi connectivity index (χ0v) is 23.1. The molecule has 2 heterocycles. The lowest BCUT2D eigenvalue weighted by Gasteiger charge is -2.31. The zero-order valence-electron chi connectivity index (χ0n) is 22.3. The van der Waals surface area contributed by atoms with Gasteiger partial charge in [-0.05, 0) is 42.0 Å². The number of nitrogens with one attached hydrogen (secondary N) is 1. The van der Waals surface area contributed by atoms with Crippen molar-refractivity contribution in [1.82, 2.24) is 9.62 Å². The van der Waals surface area contributed by atoms with Crippen molar-refractivity contribution in [3.63, 3.8) is 0 Å². The third-order valence-electron chi connectivity index (χ3n) is 7.01. The van der Waals surface area contributed by atoms with Crippen molar-refractivity contribution in [3.8, 4) is 0 Å². The lowest BCUT2D eigenvalue weighted by Crippen LogP contribution is -2.51. The molecule has 4 rings (SSSR count). The van der Waals surface area contributed by atoms with Gasteiger partial charge < -0.3 is 29.7 Å². The highest BCUT2D eigenvalue weighted by Gasteiger charge is 2.44. The first-order valence-corrected chi connectivity index (χ1v) is 14.7. The molecule has 0 aliphatic carbocycles. The van der Waals surface area contributed by atoms with Crippen LogP contribution in [0.5, 0.6) is 0 Å². The Bertz CT molecular complexity index is 1180. The molecule has 1 amide bonds. The normalized spacial score (nSPS) is 22.6. The Hall–Kier alpha value is -2.54. The molecule has 5 unspecified atom stereocenters. The maximum absolute atomic E-state index is 13.6. The number of nitrogens with zero attached hydrogens (tertiary/aromatic N) is 1. The van der Waals surface area contributed by atoms with Gasteiger partial charge in [-0.3, -0.25) is 0 Å². The van der Waals surface area contributed by atoms with E-state index in [0.717, 1.165) is 12.0 Å². The van der Waals surface area contributed by atoms with Gasteiger partial charge >= 0.3 is 6.09 Å². The van der Waals surface area contributed by atoms with Crippen molar-refractivity contribution in [2.45, 2.75) is 62.7 Å². The molecule has 10 nitrogen and oxygen atoms in total. The monoisotopic (exact) mass is 562 g/mol. The van der Waals surface area contributed by atoms with Crippen LogP contribution in [-0.2, 0) is 37.3 Å². The van der Waals surface area contributed by atoms with Gasteiger partial charge in [0, 0.05) is 13.1 Å². The van der Waals surface area contributed by atoms with Crippen molar-refractivity contribution < 1.29 is 37.6 Å². The van der Waals surface area contributed by atoms with Crippen molar-refractivity contribution >= 4 is 16.1 Å². The molecule has 0 spiro atoms. The van der Waals surface area contributed by atoms with Crippen molar-refractivity contribution in [1.29, 1.82) is 0 Å². The fourth-order valence-corrected chi connectivity index (χ4v) is 6.57. The van der Waals surface area contributed by atoms with Gasteiger partial charge in [0.15, 0.2) is 6.29 Å². The van der Waals surface area contributed by atoms with Crippen LogP contribution in [0.3, 0.4) is 0 Å². The fourth-order valence-electron chi connectivity index (χ4n) is 4.95. The van der Waals surface area contributed by atoms with Crippen molar-refractivity contribution in [2.75, 3.05) is 26.3 Å². The van der Waals surface area contributed by atoms with Gasteiger partial charge in [0.2, 0.25) is 10.0 Å². The number of amides is 1. The lowest BCUT2D eigenvalue weighted by atomic mass is 10.0. The Morgan fingerprint density at radius 1 is 1.08 bits per heavy atom. The molecule has 2 aliphatic rings. The standard InChI is InChI=1S/C28H38N2O8S/c1-19(2)15-30(39(34,35)22-10-8-21(17-31)9-11-22)16-25(32)24(14-20-6-4-3-5-7-20)29-28(33)38-26-18-37-27-23(26)12-13-36-27/h3-11,19,23-27,31-32H,12-18H2,1-2H3,(H,29,33). The van der Waals surface area contributed by atoms with Gasteiger partial charge in [-0.1, -0.05) is 56.3 Å². The first kappa shape index (κ1) is 29.4. The molecule has 214 valence electrons. The van der Waals surface area contributed by atoms with Gasteiger partial charge in [-0.15, -0.1) is 0 Å². The molecule has 0 radical (unpaired) electrons. The van der Waals surface area contributed by atoms with Crippen LogP contribution in [0.1, 0.15) is 31.4 Å². The van der Waals surface area contributed by atoms with Gasteiger partial charge in [-0.2, -0.15) is 4.31 Å². The minimum atomic E-state index is -3.96. The first-order valence-electron chi connectivity index (χ1n) is 13.3. The number of hydrogen-bond acceptors (Lipinski definition) is 8. The molecule has 0 saturated carbocycles. The van der Waals surface area contributed by atoms with Crippen LogP contribution in [0.4, 0.5) is 4.79 Å². The van der Waals surface area contributed by atoms with Crippen LogP contribution in [0.2, 0.25) is 0 Å². The number of carbonyl (C=O) groups excluding carboxylic acids is 1. The second-order valence-corrected chi connectivity index (χ2v) is 12.4. The molecule has 11 heteroatoms. The summed E-state index contributed by atoms with van der Waals surface area (Å²) in [6, 6.07) is 14.5. The van der Waals surface area contributed by atoms with E-state index in [9.17, 15) is 23.4 Å². The van der Waals surface area contributed by atoms with Crippen LogP contribution in [0.15, 0.2) is 59.5 Å². The van der Waals surface area contributed by atoms with E-state index in [1.165, 1.54) is 16.4 Å². The van der Waals surface area contributed by atoms with Crippen LogP contribution in [0.25, 0.3) is 0 Å². The van der Waals surface area contributed by atoms with Crippen LogP contribution in [-0.4, -0.2) is 79.9 Å². The Balaban J connectivity index is 1.51. The van der Waals surface area contributed by atoms with Crippen LogP contribution < -0.4 is 5.32 Å². The van der Waals surface area contributed by atoms with Crippen molar-refractivity contribution in [3.05, 3.63) is 65.7 Å². The number of benzene rings is 2. The second kappa shape index (κ2) is 13.2. The number of alkyl carbamates (subject to hydrolysis) is 1. The number of sulfonamides is 1. The third-order valence-corrected chi connectivity index (χ3v) is 8.86. The smallest absolute Gasteiger partial charge is 0.407 e. The van der Waals surface area contributed by atoms with E-state index in [2.05, 4.69) is 5.32 Å². The number of hydrogen-bond donors (Lipinski definition) is 3. The summed E-state index contributed by atoms with van der Waals surface area (Å²) in [4.78, 5) is 13.0. The molecule has 39 heavy (non-hydrogen) atoms. The molecule has 5 atom stereocenters. The Kier molecular flexibility index (Phi) is 9.97. The number of carbonyl (C=O) groups is 1. The fraction of sp³-hybridized carbons (Fsp3) is 0.536. The Labute approximate surface area is 229 Å². The summed E-state index contributed by atoms with van der Waals surface area (Å²) in [7, 11) is -3.96. The van der Waals surface area contributed by atoms with E-state index in [4.69, 9.17) is 14.2 Å². The van der Waals surface area contributed by atoms with E-state index >= 15 is 0 Å². The molecule has 2 saturated heterocycles. The summed E-state index contributed by atoms with van der Waals surface area (Å²) < 4.78 is 45.1. The van der Waals surface area contributed by atoms with Gasteiger partial charge in [0.05, 0.1) is 42.8 Å². The minimum Gasteiger partial charge on any atom is -0.443 e. The number of fused-ring (bicyclic) bond motifs is 1. The average Bonchev–Trinajstić information content (AvgIpc) is 3.53. The molecule has 2 aromatic carbocycles. The van der Waals surface area contributed by atoms with Crippen molar-refractivity contribution in [2.24, 2.45) is 11.8 Å². The largest absolute Gasteiger partial charge is 0.443 e. The van der Waals surface area contributed by atoms with Gasteiger partial charge in [-0.25, -0.2) is 13.2 Å². The number of ether oxygens (including phenoxy) is 3. The number of aliphatic hydroxyl groups excluding tert-OH is 2. The van der Waals surface area contributed by atoms with Crippen LogP contribution >= 0.6 is 0 Å². The molecule has 0 aromatic heterocycles. The van der Waals surface area contributed by atoms with Crippen LogP contribution in [0, 0.1) is 11.8 Å². The summed E-state index contributed by atoms with van der Waals surface area (Å²) >= 11 is 0. The Morgan fingerprint density at radius 3 is 2.46 bits per heavy atom. The highest BCUT2D eigenvalue weighted by atomic mass is 32.2. The zero-order chi connectivity index (χ0) is 28.0. The second-order valence-electron chi connectivity index (χ2n) is 10.5. The minimum absolute atomic E-state index is 0.0156. The maximum Gasteiger partial charge on any atom is 0.407 e. The SMILES string of the molecule is CC(C)CN(CC(O)C(Cc1ccccc1)NC(=O)OC1COC2OCCC12)S(=O)(=O)c1ccc(CO)cc1. The van der Waals surface area contributed by atoms with E-state index in [1.807, 2.05) is 44.2 Å². The van der Waals surface area contributed by atoms with E-state index in [0.29, 0.717) is 12.2 Å². The van der Waals surface area contributed by atoms with Gasteiger partial charge in [0.1, 0.15) is 6.10 Å². The number of rotatable bonds is 12. The highest BCUT2D eigenvalue weighted by molar-refractivity contribution is 7.89. The first-order chi connectivity index (χ1) is 18.7. The lowest BCUT2D eigenvalue weighted by molar-refractivity contribution is -0.0907. The van der Waals surface area contributed by atoms with E-state index in [-0.39, 0.29) is 55.7 Å². The number of aliphatic hydroxyl groups is 2. The Morgan fingerprint density at radius 2 is 1.79 bits per heavy atom. The highest BCUT2D eigenvalue weighted by Crippen LogP contribution is 2.33. The molecule has 2 aliphatic heterocycles. The summed E-state index contributed by atoms with van der Waals surface area (Å²) in [5.41, 5.74) is 1.46. The summed E-state index contributed by atoms with van der Waals surface area (Å²) in [6.07, 6.45) is -1.74. The summed E-state index contributed by atoms with van der Waals surface area (Å²) in [5.74, 6) is -0.0460. The molecular weight excluding hydrogens is 524 g/mol. The summed E-state index contributed by atoms with van der Waals surface area (Å²) in [5, 5.41) is 23.4. The predicted molar refractivity (Wildman–Crippen MR) is 143 cm³/mol. The molecular formula is C28H38N2O8S. The third kappa shape index (κ3) is 7.56. The van der Waals surface area contributed by atoms with E-state index in [1.54, 1.807) is 12.1 Å². The topological polar surface area (TPSA) is 135 Å². The van der Waals surface area contributed by atoms with E-state index < -0.39 is 34.4 Å². The quantitative estimate of drug-likeness (QED) is 0.359. The molecule has 2 fully saturated rings. The predicted octanol–water partition coefficient (Wildman–Crippen LogP) is 2.29. The average molecular weight is 563 g/mol. The maximum atomic E-state index is 13.6. The molecule has 0 bridgehead atoms. The molecule has 3 N–H and O–H groups in total. The molecule has 2 aromatic rings. The van der Waals surface area contributed by atoms with Gasteiger partial charge in [0.25, 0.3) is 0 Å². The summed E-state index contributed by atoms with van der Waals surface area (Å²) in [6.45, 7) is 4.32.